The second-order valence-electron chi connectivity index (χ2n) is 28.5. The molecule has 105 heavy (non-hydrogen) atoms. The Morgan fingerprint density at radius 2 is 0.581 bits per heavy atom. The fourth-order valence-electron chi connectivity index (χ4n) is 19.4. The van der Waals surface area contributed by atoms with E-state index in [2.05, 4.69) is 350 Å². The van der Waals surface area contributed by atoms with Crippen LogP contribution in [-0.4, -0.2) is 0 Å². The van der Waals surface area contributed by atoms with Gasteiger partial charge in [-0.05, 0) is 210 Å². The summed E-state index contributed by atoms with van der Waals surface area (Å²) in [5.74, 6) is -0.291. The van der Waals surface area contributed by atoms with Crippen molar-refractivity contribution in [1.29, 1.82) is 0 Å². The monoisotopic (exact) mass is 1330 g/mol. The molecule has 0 atom stereocenters. The summed E-state index contributed by atoms with van der Waals surface area (Å²) >= 11 is 0. The fourth-order valence-corrected chi connectivity index (χ4v) is 19.4. The van der Waals surface area contributed by atoms with Crippen molar-refractivity contribution in [3.05, 3.63) is 433 Å². The molecule has 488 valence electrons. The van der Waals surface area contributed by atoms with Gasteiger partial charge in [-0.25, -0.2) is 4.39 Å². The second-order valence-corrected chi connectivity index (χ2v) is 28.5. The first-order valence-electron chi connectivity index (χ1n) is 36.4. The summed E-state index contributed by atoms with van der Waals surface area (Å²) in [6, 6.07) is 141. The topological polar surface area (TPSA) is 6.48 Å². The van der Waals surface area contributed by atoms with Crippen molar-refractivity contribution in [2.75, 3.05) is 9.80 Å². The molecule has 3 heteroatoms. The van der Waals surface area contributed by atoms with Crippen LogP contribution in [0, 0.1) is 5.82 Å². The molecule has 18 aromatic rings. The molecule has 0 bridgehead atoms. The summed E-state index contributed by atoms with van der Waals surface area (Å²) in [5.41, 5.74) is 31.0. The standard InChI is InChI=1S/C102H63FN2/c103-92-52-24-25-53-93(92)104(69-33-6-2-7-34-69)95-62-91-100(83-45-15-12-42-79(83)95)98-81-47-27-46-71(74(81)57-59-89(98)102(91)86-50-22-18-40-77(86)78-41-19-23-51-87(78)102)67-31-26-32-68(60-67)72-56-54-66(64-28-4-1-5-29-64)61-94(72)105(70-35-8-3-9-36-70)96-63-90-99(82-44-14-13-43-80(82)96)97-73-37-11-10-30-65(73)55-58-88(97)101(90)84-48-20-16-38-75(84)76-39-17-21-49-85(76)101/h1-63H. The van der Waals surface area contributed by atoms with Crippen LogP contribution in [0.4, 0.5) is 38.5 Å². The first-order chi connectivity index (χ1) is 52.1. The molecular weight excluding hydrogens is 1270 g/mol. The number of para-hydroxylation sites is 3. The summed E-state index contributed by atoms with van der Waals surface area (Å²) in [4.78, 5) is 4.69. The van der Waals surface area contributed by atoms with Crippen LogP contribution in [0.2, 0.25) is 0 Å². The highest BCUT2D eigenvalue weighted by molar-refractivity contribution is 6.20. The van der Waals surface area contributed by atoms with Crippen LogP contribution >= 0.6 is 0 Å². The van der Waals surface area contributed by atoms with Crippen LogP contribution < -0.4 is 9.80 Å². The summed E-state index contributed by atoms with van der Waals surface area (Å²) in [7, 11) is 0. The van der Waals surface area contributed by atoms with E-state index in [1.165, 1.54) is 116 Å². The highest BCUT2D eigenvalue weighted by Crippen LogP contribution is 2.69. The lowest BCUT2D eigenvalue weighted by atomic mass is 9.70. The third-order valence-electron chi connectivity index (χ3n) is 23.5. The zero-order valence-corrected chi connectivity index (χ0v) is 57.1. The zero-order valence-electron chi connectivity index (χ0n) is 57.1. The van der Waals surface area contributed by atoms with Crippen LogP contribution in [0.5, 0.6) is 0 Å². The van der Waals surface area contributed by atoms with Crippen LogP contribution in [0.3, 0.4) is 0 Å². The van der Waals surface area contributed by atoms with E-state index in [1.807, 2.05) is 30.3 Å². The smallest absolute Gasteiger partial charge is 0.147 e. The van der Waals surface area contributed by atoms with Gasteiger partial charge in [0.2, 0.25) is 0 Å². The van der Waals surface area contributed by atoms with Gasteiger partial charge in [0, 0.05) is 27.7 Å². The minimum atomic E-state index is -0.722. The van der Waals surface area contributed by atoms with Gasteiger partial charge < -0.3 is 9.80 Å². The maximum Gasteiger partial charge on any atom is 0.147 e. The third kappa shape index (κ3) is 8.24. The average molecular weight is 1340 g/mol. The van der Waals surface area contributed by atoms with E-state index in [4.69, 9.17) is 0 Å². The van der Waals surface area contributed by atoms with E-state index in [1.54, 1.807) is 12.1 Å². The third-order valence-corrected chi connectivity index (χ3v) is 23.5. The normalized spacial score (nSPS) is 13.3. The summed E-state index contributed by atoms with van der Waals surface area (Å²) < 4.78 is 16.8. The number of benzene rings is 18. The first kappa shape index (κ1) is 59.2. The Bertz CT molecular complexity index is 6600. The van der Waals surface area contributed by atoms with E-state index in [-0.39, 0.29) is 5.82 Å². The predicted molar refractivity (Wildman–Crippen MR) is 435 cm³/mol. The van der Waals surface area contributed by atoms with Crippen molar-refractivity contribution < 1.29 is 4.39 Å². The van der Waals surface area contributed by atoms with Gasteiger partial charge in [-0.1, -0.05) is 322 Å². The SMILES string of the molecule is Fc1ccccc1N(c1ccccc1)c1cc2c(c3ccccc13)-c1c(ccc3c(-c4cccc(-c5ccc(-c6ccccc6)cc5N(c5ccccc5)c5cc6c(c7ccccc57)-c5c(ccc7ccccc57)C65c6ccccc6-c6ccccc65)c4)cccc13)C21c2ccccc2-c2ccccc21. The number of hydrogen-bond acceptors (Lipinski definition) is 2. The maximum atomic E-state index is 16.8. The van der Waals surface area contributed by atoms with Crippen molar-refractivity contribution in [3.63, 3.8) is 0 Å². The number of halogens is 1. The molecule has 4 aliphatic rings. The lowest BCUT2D eigenvalue weighted by molar-refractivity contribution is 0.629. The summed E-state index contributed by atoms with van der Waals surface area (Å²) in [5, 5.41) is 9.35. The lowest BCUT2D eigenvalue weighted by Crippen LogP contribution is -2.26. The van der Waals surface area contributed by atoms with E-state index < -0.39 is 10.8 Å². The van der Waals surface area contributed by atoms with Gasteiger partial charge >= 0.3 is 0 Å². The number of hydrogen-bond donors (Lipinski definition) is 0. The minimum absolute atomic E-state index is 0.291. The molecule has 22 rings (SSSR count). The molecule has 0 aliphatic heterocycles. The minimum Gasteiger partial charge on any atom is -0.309 e. The quantitative estimate of drug-likeness (QED) is 0.142. The average Bonchev–Trinajstić information content (AvgIpc) is 1.50. The lowest BCUT2D eigenvalue weighted by Gasteiger charge is -2.34. The molecular formula is C102H63FN2. The highest BCUT2D eigenvalue weighted by atomic mass is 19.1. The summed E-state index contributed by atoms with van der Waals surface area (Å²) in [6.45, 7) is 0. The van der Waals surface area contributed by atoms with Gasteiger partial charge in [0.05, 0.1) is 33.6 Å². The number of rotatable bonds is 9. The highest BCUT2D eigenvalue weighted by Gasteiger charge is 2.55. The van der Waals surface area contributed by atoms with Gasteiger partial charge in [0.1, 0.15) is 5.82 Å². The molecule has 0 heterocycles. The predicted octanol–water partition coefficient (Wildman–Crippen LogP) is 27.1. The van der Waals surface area contributed by atoms with Crippen LogP contribution in [0.25, 0.3) is 121 Å². The van der Waals surface area contributed by atoms with Crippen molar-refractivity contribution in [1.82, 2.24) is 0 Å². The molecule has 0 unspecified atom stereocenters. The fraction of sp³-hybridized carbons (Fsp3) is 0.0196. The molecule has 18 aromatic carbocycles. The van der Waals surface area contributed by atoms with Crippen molar-refractivity contribution in [3.8, 4) is 77.9 Å². The van der Waals surface area contributed by atoms with Gasteiger partial charge in [-0.3, -0.25) is 0 Å². The molecule has 2 nitrogen and oxygen atoms in total. The van der Waals surface area contributed by atoms with Gasteiger partial charge in [0.15, 0.2) is 0 Å². The first-order valence-corrected chi connectivity index (χ1v) is 36.4. The number of fused-ring (bicyclic) bond motifs is 28. The van der Waals surface area contributed by atoms with Gasteiger partial charge in [-0.2, -0.15) is 0 Å². The molecule has 2 spiro atoms. The number of anilines is 6. The zero-order chi connectivity index (χ0) is 69.1. The van der Waals surface area contributed by atoms with Crippen LogP contribution in [0.1, 0.15) is 44.5 Å². The molecule has 4 aliphatic carbocycles. The van der Waals surface area contributed by atoms with E-state index in [0.29, 0.717) is 5.69 Å². The van der Waals surface area contributed by atoms with Crippen molar-refractivity contribution >= 4 is 77.2 Å². The van der Waals surface area contributed by atoms with E-state index in [0.717, 1.165) is 78.0 Å². The Morgan fingerprint density at radius 3 is 1.14 bits per heavy atom. The molecule has 0 saturated heterocycles. The molecule has 0 amide bonds. The van der Waals surface area contributed by atoms with Gasteiger partial charge in [-0.15, -0.1) is 0 Å². The molecule has 0 radical (unpaired) electrons. The molecule has 0 aromatic heterocycles. The Balaban J connectivity index is 0.780. The van der Waals surface area contributed by atoms with Gasteiger partial charge in [0.25, 0.3) is 0 Å². The second kappa shape index (κ2) is 22.8. The molecule has 0 fully saturated rings. The van der Waals surface area contributed by atoms with Crippen molar-refractivity contribution in [2.24, 2.45) is 0 Å². The Labute approximate surface area is 608 Å². The molecule has 0 N–H and O–H groups in total. The van der Waals surface area contributed by atoms with Crippen molar-refractivity contribution in [2.45, 2.75) is 10.8 Å². The van der Waals surface area contributed by atoms with Crippen LogP contribution in [-0.2, 0) is 10.8 Å². The maximum absolute atomic E-state index is 16.8. The Kier molecular flexibility index (Phi) is 12.8. The summed E-state index contributed by atoms with van der Waals surface area (Å²) in [6.07, 6.45) is 0. The number of nitrogens with zero attached hydrogens (tertiary/aromatic N) is 2. The van der Waals surface area contributed by atoms with E-state index in [9.17, 15) is 0 Å². The Morgan fingerprint density at radius 1 is 0.190 bits per heavy atom. The van der Waals surface area contributed by atoms with E-state index >= 15 is 4.39 Å². The largest absolute Gasteiger partial charge is 0.309 e. The molecule has 0 saturated carbocycles. The van der Waals surface area contributed by atoms with Crippen LogP contribution in [0.15, 0.2) is 382 Å². The Hall–Kier alpha value is -13.5.